The Bertz CT molecular complexity index is 461. The van der Waals surface area contributed by atoms with E-state index >= 15 is 0 Å². The minimum atomic E-state index is -0.485. The molecule has 0 aliphatic heterocycles. The lowest BCUT2D eigenvalue weighted by Gasteiger charge is -2.38. The normalized spacial score (nSPS) is 13.0. The van der Waals surface area contributed by atoms with E-state index in [2.05, 4.69) is 0 Å². The smallest absolute Gasteiger partial charge is 0.230 e. The summed E-state index contributed by atoms with van der Waals surface area (Å²) < 4.78 is 0. The molecule has 1 atom stereocenters. The molecule has 21 heavy (non-hydrogen) atoms. The number of nitrogens with two attached hydrogens (primary N) is 1. The van der Waals surface area contributed by atoms with E-state index in [0.717, 1.165) is 18.4 Å². The first-order valence-electron chi connectivity index (χ1n) is 7.75. The van der Waals surface area contributed by atoms with Crippen molar-refractivity contribution in [3.05, 3.63) is 29.8 Å². The molecule has 0 fully saturated rings. The number of phenols is 1. The van der Waals surface area contributed by atoms with Crippen molar-refractivity contribution in [3.63, 3.8) is 0 Å². The molecule has 0 bridgehead atoms. The molecule has 0 saturated heterocycles. The molecular weight excluding hydrogens is 264 g/mol. The Labute approximate surface area is 128 Å². The number of nitrogens with zero attached hydrogens (tertiary/aromatic N) is 1. The maximum absolute atomic E-state index is 13.0. The summed E-state index contributed by atoms with van der Waals surface area (Å²) in [5, 5.41) is 9.63. The Morgan fingerprint density at radius 3 is 2.38 bits per heavy atom. The van der Waals surface area contributed by atoms with Crippen molar-refractivity contribution in [2.45, 2.75) is 46.6 Å². The van der Waals surface area contributed by atoms with Gasteiger partial charge in [-0.3, -0.25) is 4.79 Å². The molecule has 118 valence electrons. The van der Waals surface area contributed by atoms with Crippen molar-refractivity contribution in [3.8, 4) is 5.75 Å². The SMILES string of the molecule is CCN(C(=O)C(CC)(CC)CN)C(C)c1cccc(O)c1. The van der Waals surface area contributed by atoms with E-state index in [4.69, 9.17) is 5.73 Å². The molecule has 0 radical (unpaired) electrons. The maximum Gasteiger partial charge on any atom is 0.230 e. The van der Waals surface area contributed by atoms with Gasteiger partial charge in [-0.2, -0.15) is 0 Å². The second-order valence-electron chi connectivity index (χ2n) is 5.55. The van der Waals surface area contributed by atoms with Gasteiger partial charge in [0.2, 0.25) is 5.91 Å². The number of rotatable bonds is 7. The van der Waals surface area contributed by atoms with Crippen molar-refractivity contribution < 1.29 is 9.90 Å². The molecule has 3 N–H and O–H groups in total. The van der Waals surface area contributed by atoms with Crippen LogP contribution in [-0.4, -0.2) is 29.0 Å². The number of benzene rings is 1. The van der Waals surface area contributed by atoms with E-state index in [0.29, 0.717) is 13.1 Å². The largest absolute Gasteiger partial charge is 0.508 e. The van der Waals surface area contributed by atoms with Crippen molar-refractivity contribution in [1.29, 1.82) is 0 Å². The summed E-state index contributed by atoms with van der Waals surface area (Å²) in [6.45, 7) is 8.98. The fourth-order valence-electron chi connectivity index (χ4n) is 2.79. The number of carbonyl (C=O) groups excluding carboxylic acids is 1. The standard InChI is InChI=1S/C17H28N2O2/c1-5-17(6-2,12-18)16(21)19(7-3)13(4)14-9-8-10-15(20)11-14/h8-11,13,20H,5-7,12,18H2,1-4H3. The number of phenolic OH excluding ortho intramolecular Hbond substituents is 1. The average Bonchev–Trinajstić information content (AvgIpc) is 2.50. The molecule has 0 aliphatic carbocycles. The highest BCUT2D eigenvalue weighted by Crippen LogP contribution is 2.32. The third-order valence-electron chi connectivity index (χ3n) is 4.62. The maximum atomic E-state index is 13.0. The number of carbonyl (C=O) groups is 1. The second kappa shape index (κ2) is 7.46. The van der Waals surface area contributed by atoms with E-state index in [1.54, 1.807) is 18.2 Å². The van der Waals surface area contributed by atoms with Crippen molar-refractivity contribution in [2.24, 2.45) is 11.1 Å². The molecule has 1 aromatic carbocycles. The number of hydrogen-bond donors (Lipinski definition) is 2. The van der Waals surface area contributed by atoms with Crippen LogP contribution in [0.3, 0.4) is 0 Å². The van der Waals surface area contributed by atoms with Crippen molar-refractivity contribution >= 4 is 5.91 Å². The first-order valence-corrected chi connectivity index (χ1v) is 7.75. The van der Waals surface area contributed by atoms with Gasteiger partial charge in [0.05, 0.1) is 11.5 Å². The molecule has 0 aromatic heterocycles. The summed E-state index contributed by atoms with van der Waals surface area (Å²) in [6, 6.07) is 7.00. The van der Waals surface area contributed by atoms with Gasteiger partial charge in [-0.1, -0.05) is 26.0 Å². The van der Waals surface area contributed by atoms with E-state index in [1.165, 1.54) is 0 Å². The predicted octanol–water partition coefficient (Wildman–Crippen LogP) is 3.07. The van der Waals surface area contributed by atoms with Gasteiger partial charge in [0, 0.05) is 13.1 Å². The van der Waals surface area contributed by atoms with Gasteiger partial charge in [0.15, 0.2) is 0 Å². The molecule has 1 unspecified atom stereocenters. The zero-order valence-electron chi connectivity index (χ0n) is 13.6. The Balaban J connectivity index is 3.09. The van der Waals surface area contributed by atoms with Gasteiger partial charge in [-0.15, -0.1) is 0 Å². The van der Waals surface area contributed by atoms with Gasteiger partial charge < -0.3 is 15.7 Å². The Morgan fingerprint density at radius 1 is 1.33 bits per heavy atom. The van der Waals surface area contributed by atoms with Crippen LogP contribution in [0.25, 0.3) is 0 Å². The lowest BCUT2D eigenvalue weighted by molar-refractivity contribution is -0.144. The molecule has 0 saturated carbocycles. The van der Waals surface area contributed by atoms with E-state index < -0.39 is 5.41 Å². The highest BCUT2D eigenvalue weighted by atomic mass is 16.3. The van der Waals surface area contributed by atoms with Crippen LogP contribution < -0.4 is 5.73 Å². The molecule has 0 heterocycles. The van der Waals surface area contributed by atoms with Crippen LogP contribution in [0.4, 0.5) is 0 Å². The minimum Gasteiger partial charge on any atom is -0.508 e. The third-order valence-corrected chi connectivity index (χ3v) is 4.62. The van der Waals surface area contributed by atoms with Crippen LogP contribution in [0.2, 0.25) is 0 Å². The summed E-state index contributed by atoms with van der Waals surface area (Å²) in [7, 11) is 0. The van der Waals surface area contributed by atoms with E-state index in [-0.39, 0.29) is 17.7 Å². The summed E-state index contributed by atoms with van der Waals surface area (Å²) >= 11 is 0. The summed E-state index contributed by atoms with van der Waals surface area (Å²) in [4.78, 5) is 14.8. The number of hydrogen-bond acceptors (Lipinski definition) is 3. The monoisotopic (exact) mass is 292 g/mol. The second-order valence-corrected chi connectivity index (χ2v) is 5.55. The van der Waals surface area contributed by atoms with Gasteiger partial charge in [0.1, 0.15) is 5.75 Å². The summed E-state index contributed by atoms with van der Waals surface area (Å²) in [6.07, 6.45) is 1.48. The lowest BCUT2D eigenvalue weighted by atomic mass is 9.80. The molecular formula is C17H28N2O2. The quantitative estimate of drug-likeness (QED) is 0.811. The number of aromatic hydroxyl groups is 1. The third kappa shape index (κ3) is 3.56. The molecule has 0 spiro atoms. The van der Waals surface area contributed by atoms with Gasteiger partial charge in [-0.05, 0) is 44.4 Å². The van der Waals surface area contributed by atoms with Crippen LogP contribution in [0.15, 0.2) is 24.3 Å². The van der Waals surface area contributed by atoms with Crippen molar-refractivity contribution in [2.75, 3.05) is 13.1 Å². The van der Waals surface area contributed by atoms with Crippen LogP contribution in [0.1, 0.15) is 52.1 Å². The Kier molecular flexibility index (Phi) is 6.21. The minimum absolute atomic E-state index is 0.0846. The summed E-state index contributed by atoms with van der Waals surface area (Å²) in [5.74, 6) is 0.326. The Hall–Kier alpha value is -1.55. The van der Waals surface area contributed by atoms with Crippen LogP contribution >= 0.6 is 0 Å². The highest BCUT2D eigenvalue weighted by Gasteiger charge is 2.38. The first-order chi connectivity index (χ1) is 9.95. The topological polar surface area (TPSA) is 66.6 Å². The van der Waals surface area contributed by atoms with Crippen LogP contribution in [-0.2, 0) is 4.79 Å². The molecule has 4 heteroatoms. The fraction of sp³-hybridized carbons (Fsp3) is 0.588. The van der Waals surface area contributed by atoms with E-state index in [1.807, 2.05) is 38.7 Å². The number of amides is 1. The fourth-order valence-corrected chi connectivity index (χ4v) is 2.79. The Morgan fingerprint density at radius 2 is 1.95 bits per heavy atom. The van der Waals surface area contributed by atoms with Crippen LogP contribution in [0, 0.1) is 5.41 Å². The average molecular weight is 292 g/mol. The molecule has 1 rings (SSSR count). The molecule has 1 aromatic rings. The van der Waals surface area contributed by atoms with Crippen molar-refractivity contribution in [1.82, 2.24) is 4.90 Å². The van der Waals surface area contributed by atoms with Gasteiger partial charge >= 0.3 is 0 Å². The molecule has 0 aliphatic rings. The lowest BCUT2D eigenvalue weighted by Crippen LogP contribution is -2.48. The zero-order valence-corrected chi connectivity index (χ0v) is 13.6. The van der Waals surface area contributed by atoms with E-state index in [9.17, 15) is 9.90 Å². The molecule has 1 amide bonds. The van der Waals surface area contributed by atoms with Crippen LogP contribution in [0.5, 0.6) is 5.75 Å². The predicted molar refractivity (Wildman–Crippen MR) is 86.0 cm³/mol. The van der Waals surface area contributed by atoms with Gasteiger partial charge in [0.25, 0.3) is 0 Å². The first kappa shape index (κ1) is 17.5. The zero-order chi connectivity index (χ0) is 16.0. The molecule has 4 nitrogen and oxygen atoms in total. The van der Waals surface area contributed by atoms with Gasteiger partial charge in [-0.25, -0.2) is 0 Å². The highest BCUT2D eigenvalue weighted by molar-refractivity contribution is 5.83. The summed E-state index contributed by atoms with van der Waals surface area (Å²) in [5.41, 5.74) is 6.35.